The van der Waals surface area contributed by atoms with Gasteiger partial charge < -0.3 is 4.74 Å². The molecule has 1 saturated heterocycles. The Kier molecular flexibility index (Phi) is 5.04. The quantitative estimate of drug-likeness (QED) is 0.724. The molecule has 104 valence electrons. The topological polar surface area (TPSA) is 29.5 Å². The van der Waals surface area contributed by atoms with E-state index in [1.807, 2.05) is 0 Å². The van der Waals surface area contributed by atoms with E-state index in [-0.39, 0.29) is 11.9 Å². The summed E-state index contributed by atoms with van der Waals surface area (Å²) in [6.45, 7) is 4.41. The lowest BCUT2D eigenvalue weighted by molar-refractivity contribution is -0.148. The van der Waals surface area contributed by atoms with Gasteiger partial charge in [-0.05, 0) is 38.1 Å². The van der Waals surface area contributed by atoms with Crippen LogP contribution in [0.5, 0.6) is 0 Å². The van der Waals surface area contributed by atoms with Crippen LogP contribution < -0.4 is 0 Å². The number of hydrogen-bond donors (Lipinski definition) is 0. The van der Waals surface area contributed by atoms with Crippen LogP contribution in [0.15, 0.2) is 0 Å². The van der Waals surface area contributed by atoms with Crippen molar-refractivity contribution in [1.29, 1.82) is 0 Å². The van der Waals surface area contributed by atoms with Crippen molar-refractivity contribution in [3.63, 3.8) is 0 Å². The van der Waals surface area contributed by atoms with Crippen LogP contribution in [0.25, 0.3) is 0 Å². The summed E-state index contributed by atoms with van der Waals surface area (Å²) in [5, 5.41) is 0. The summed E-state index contributed by atoms with van der Waals surface area (Å²) in [7, 11) is 1.51. The number of hydrogen-bond acceptors (Lipinski definition) is 3. The van der Waals surface area contributed by atoms with E-state index in [1.165, 1.54) is 45.8 Å². The molecule has 0 radical (unpaired) electrons. The van der Waals surface area contributed by atoms with Crippen LogP contribution in [-0.4, -0.2) is 37.1 Å². The highest BCUT2D eigenvalue weighted by Gasteiger charge is 2.34. The number of methoxy groups -OCH3 is 1. The first kappa shape index (κ1) is 13.9. The van der Waals surface area contributed by atoms with Crippen molar-refractivity contribution in [2.45, 2.75) is 57.9 Å². The number of piperidine rings is 1. The van der Waals surface area contributed by atoms with E-state index in [9.17, 15) is 4.79 Å². The van der Waals surface area contributed by atoms with Gasteiger partial charge in [0.1, 0.15) is 0 Å². The molecule has 3 nitrogen and oxygen atoms in total. The molecular weight excluding hydrogens is 226 g/mol. The third-order valence-corrected chi connectivity index (χ3v) is 4.85. The van der Waals surface area contributed by atoms with Crippen molar-refractivity contribution in [1.82, 2.24) is 4.90 Å². The molecule has 2 rings (SSSR count). The molecule has 3 atom stereocenters. The predicted molar refractivity (Wildman–Crippen MR) is 72.4 cm³/mol. The van der Waals surface area contributed by atoms with Gasteiger partial charge in [-0.25, -0.2) is 0 Å². The third-order valence-electron chi connectivity index (χ3n) is 4.85. The second-order valence-electron chi connectivity index (χ2n) is 5.88. The van der Waals surface area contributed by atoms with Gasteiger partial charge in [0.25, 0.3) is 0 Å². The van der Waals surface area contributed by atoms with Gasteiger partial charge in [0.05, 0.1) is 13.0 Å². The number of nitrogens with zero attached hydrogens (tertiary/aromatic N) is 1. The second kappa shape index (κ2) is 6.55. The number of carbonyl (C=O) groups excluding carboxylic acids is 1. The standard InChI is InChI=1S/C15H27NO2/c1-3-12-7-4-5-9-14(12)16-10-6-8-13(11-16)15(17)18-2/h12-14H,3-11H2,1-2H3. The third kappa shape index (κ3) is 3.05. The molecule has 1 heterocycles. The fraction of sp³-hybridized carbons (Fsp3) is 0.933. The van der Waals surface area contributed by atoms with Crippen molar-refractivity contribution in [2.75, 3.05) is 20.2 Å². The van der Waals surface area contributed by atoms with E-state index in [0.29, 0.717) is 0 Å². The first-order valence-corrected chi connectivity index (χ1v) is 7.58. The monoisotopic (exact) mass is 253 g/mol. The van der Waals surface area contributed by atoms with Gasteiger partial charge in [-0.1, -0.05) is 26.2 Å². The van der Waals surface area contributed by atoms with Crippen molar-refractivity contribution >= 4 is 5.97 Å². The Morgan fingerprint density at radius 1 is 1.22 bits per heavy atom. The first-order valence-electron chi connectivity index (χ1n) is 7.58. The molecule has 0 N–H and O–H groups in total. The Bertz CT molecular complexity index is 280. The average Bonchev–Trinajstić information content (AvgIpc) is 2.46. The summed E-state index contributed by atoms with van der Waals surface area (Å²) >= 11 is 0. The van der Waals surface area contributed by atoms with Crippen molar-refractivity contribution in [2.24, 2.45) is 11.8 Å². The van der Waals surface area contributed by atoms with Crippen LogP contribution in [0.2, 0.25) is 0 Å². The first-order chi connectivity index (χ1) is 8.76. The summed E-state index contributed by atoms with van der Waals surface area (Å²) in [6.07, 6.45) is 8.89. The zero-order valence-corrected chi connectivity index (χ0v) is 11.9. The van der Waals surface area contributed by atoms with Gasteiger partial charge >= 0.3 is 5.97 Å². The Labute approximate surface area is 111 Å². The summed E-state index contributed by atoms with van der Waals surface area (Å²) in [4.78, 5) is 14.3. The van der Waals surface area contributed by atoms with E-state index < -0.39 is 0 Å². The maximum Gasteiger partial charge on any atom is 0.309 e. The van der Waals surface area contributed by atoms with Crippen molar-refractivity contribution in [3.05, 3.63) is 0 Å². The Balaban J connectivity index is 1.96. The van der Waals surface area contributed by atoms with Crippen LogP contribution in [0.4, 0.5) is 0 Å². The lowest BCUT2D eigenvalue weighted by Crippen LogP contribution is -2.48. The molecular formula is C15H27NO2. The zero-order chi connectivity index (χ0) is 13.0. The Morgan fingerprint density at radius 3 is 2.72 bits per heavy atom. The maximum absolute atomic E-state index is 11.7. The fourth-order valence-electron chi connectivity index (χ4n) is 3.81. The SMILES string of the molecule is CCC1CCCCC1N1CCCC(C(=O)OC)C1. The highest BCUT2D eigenvalue weighted by molar-refractivity contribution is 5.72. The van der Waals surface area contributed by atoms with Gasteiger partial charge in [-0.3, -0.25) is 9.69 Å². The summed E-state index contributed by atoms with van der Waals surface area (Å²) in [5.74, 6) is 0.946. The van der Waals surface area contributed by atoms with Gasteiger partial charge in [0, 0.05) is 12.6 Å². The Hall–Kier alpha value is -0.570. The molecule has 0 spiro atoms. The van der Waals surface area contributed by atoms with Crippen molar-refractivity contribution < 1.29 is 9.53 Å². The van der Waals surface area contributed by atoms with Crippen LogP contribution >= 0.6 is 0 Å². The highest BCUT2D eigenvalue weighted by atomic mass is 16.5. The van der Waals surface area contributed by atoms with E-state index in [2.05, 4.69) is 11.8 Å². The number of esters is 1. The summed E-state index contributed by atoms with van der Waals surface area (Å²) < 4.78 is 4.91. The molecule has 2 fully saturated rings. The molecule has 18 heavy (non-hydrogen) atoms. The lowest BCUT2D eigenvalue weighted by atomic mass is 9.80. The normalized spacial score (nSPS) is 34.2. The summed E-state index contributed by atoms with van der Waals surface area (Å²) in [5.41, 5.74) is 0. The lowest BCUT2D eigenvalue weighted by Gasteiger charge is -2.43. The van der Waals surface area contributed by atoms with E-state index in [4.69, 9.17) is 4.74 Å². The molecule has 3 unspecified atom stereocenters. The van der Waals surface area contributed by atoms with Crippen molar-refractivity contribution in [3.8, 4) is 0 Å². The molecule has 0 bridgehead atoms. The molecule has 1 saturated carbocycles. The summed E-state index contributed by atoms with van der Waals surface area (Å²) in [6, 6.07) is 0.719. The van der Waals surface area contributed by atoms with Gasteiger partial charge in [0.2, 0.25) is 0 Å². The Morgan fingerprint density at radius 2 is 2.00 bits per heavy atom. The maximum atomic E-state index is 11.7. The van der Waals surface area contributed by atoms with E-state index in [1.54, 1.807) is 0 Å². The van der Waals surface area contributed by atoms with Gasteiger partial charge in [-0.2, -0.15) is 0 Å². The number of ether oxygens (including phenoxy) is 1. The van der Waals surface area contributed by atoms with E-state index >= 15 is 0 Å². The minimum atomic E-state index is -0.0106. The van der Waals surface area contributed by atoms with Crippen LogP contribution in [0, 0.1) is 11.8 Å². The fourth-order valence-corrected chi connectivity index (χ4v) is 3.81. The van der Waals surface area contributed by atoms with Crippen LogP contribution in [-0.2, 0) is 9.53 Å². The minimum Gasteiger partial charge on any atom is -0.469 e. The van der Waals surface area contributed by atoms with Gasteiger partial charge in [0.15, 0.2) is 0 Å². The number of rotatable bonds is 3. The number of carbonyl (C=O) groups is 1. The van der Waals surface area contributed by atoms with Crippen LogP contribution in [0.1, 0.15) is 51.9 Å². The number of likely N-dealkylation sites (tertiary alicyclic amines) is 1. The zero-order valence-electron chi connectivity index (χ0n) is 11.9. The molecule has 2 aliphatic rings. The smallest absolute Gasteiger partial charge is 0.309 e. The predicted octanol–water partition coefficient (Wildman–Crippen LogP) is 2.84. The molecule has 1 aliphatic carbocycles. The molecule has 0 aromatic rings. The minimum absolute atomic E-state index is 0.0106. The average molecular weight is 253 g/mol. The molecule has 3 heteroatoms. The molecule has 0 amide bonds. The van der Waals surface area contributed by atoms with E-state index in [0.717, 1.165) is 31.3 Å². The van der Waals surface area contributed by atoms with Crippen LogP contribution in [0.3, 0.4) is 0 Å². The molecule has 0 aromatic heterocycles. The molecule has 1 aliphatic heterocycles. The second-order valence-corrected chi connectivity index (χ2v) is 5.88. The highest BCUT2D eigenvalue weighted by Crippen LogP contribution is 2.33. The largest absolute Gasteiger partial charge is 0.469 e. The van der Waals surface area contributed by atoms with Gasteiger partial charge in [-0.15, -0.1) is 0 Å². The molecule has 0 aromatic carbocycles.